The maximum Gasteiger partial charge on any atom is 0.277 e. The number of nitrogens with two attached hydrogens (primary N) is 1. The van der Waals surface area contributed by atoms with Gasteiger partial charge in [-0.2, -0.15) is 0 Å². The number of carbonyl (C=O) groups excluding carboxylic acids is 4. The van der Waals surface area contributed by atoms with Gasteiger partial charge in [-0.25, -0.2) is 23.6 Å². The van der Waals surface area contributed by atoms with E-state index in [2.05, 4.69) is 31.6 Å². The van der Waals surface area contributed by atoms with Crippen LogP contribution in [0.15, 0.2) is 70.7 Å². The number of halogens is 4. The number of anilines is 2. The van der Waals surface area contributed by atoms with Crippen LogP contribution in [0.1, 0.15) is 78.0 Å². The predicted octanol–water partition coefficient (Wildman–Crippen LogP) is 6.44. The van der Waals surface area contributed by atoms with Crippen LogP contribution in [-0.4, -0.2) is 141 Å². The number of rotatable bonds is 32. The van der Waals surface area contributed by atoms with Gasteiger partial charge in [-0.15, -0.1) is 11.3 Å². The number of hydrogen-bond acceptors (Lipinski definition) is 16. The van der Waals surface area contributed by atoms with E-state index in [0.29, 0.717) is 73.1 Å². The molecule has 2 unspecified atom stereocenters. The number of nitrogens with zero attached hydrogens (tertiary/aromatic N) is 3. The summed E-state index contributed by atoms with van der Waals surface area (Å²) >= 11 is 3.40. The number of aromatic nitrogens is 2. The van der Waals surface area contributed by atoms with Gasteiger partial charge in [0.05, 0.1) is 104 Å². The molecule has 3 aromatic carbocycles. The molecule has 1 fully saturated rings. The van der Waals surface area contributed by atoms with Crippen molar-refractivity contribution in [1.29, 1.82) is 0 Å². The van der Waals surface area contributed by atoms with E-state index in [1.807, 2.05) is 67.6 Å². The zero-order valence-electron chi connectivity index (χ0n) is 43.3. The first-order chi connectivity index (χ1) is 37.0. The molecule has 1 aliphatic rings. The summed E-state index contributed by atoms with van der Waals surface area (Å²) in [4.78, 5) is 66.9. The Bertz CT molecular complexity index is 2740. The molecule has 0 bridgehead atoms. The first-order valence-corrected chi connectivity index (χ1v) is 27.1. The highest BCUT2D eigenvalue weighted by molar-refractivity contribution is 14.1. The normalized spacial score (nSPS) is 16.2. The van der Waals surface area contributed by atoms with Crippen LogP contribution in [-0.2, 0) is 38.2 Å². The third kappa shape index (κ3) is 16.7. The fraction of sp³-hybridized carbons (Fsp3) is 0.472. The molecule has 2 aromatic heterocycles. The van der Waals surface area contributed by atoms with Crippen molar-refractivity contribution in [1.82, 2.24) is 31.2 Å². The summed E-state index contributed by atoms with van der Waals surface area (Å²) in [6, 6.07) is 15.1. The number of β-amino-alcohol motifs (C(OH)–C–C–N with tert-alkyl or cyclic N) is 1. The summed E-state index contributed by atoms with van der Waals surface area (Å²) in [5, 5.41) is 23.7. The zero-order valence-corrected chi connectivity index (χ0v) is 46.3. The average molecular weight is 1210 g/mol. The van der Waals surface area contributed by atoms with E-state index in [9.17, 15) is 37.5 Å². The SMILES string of the molecule is Cc1cc([C@H](C(=O)N2CC(O)CC2(C(N)=O)[C@@H](CC(=O)NCCOCCOCCOCCOCCNCCCONC(=O)c2ccc(F)c(F)c2Nc2ccc(I)cc2F)c2ccc(-c3scnc3C)cc2)C(C)C)on1. The van der Waals surface area contributed by atoms with Crippen molar-refractivity contribution in [3.8, 4) is 10.4 Å². The van der Waals surface area contributed by atoms with E-state index in [0.717, 1.165) is 28.3 Å². The third-order valence-corrected chi connectivity index (χ3v) is 14.3. The number of carbonyl (C=O) groups is 4. The summed E-state index contributed by atoms with van der Waals surface area (Å²) in [6.45, 7) is 11.1. The molecule has 3 heterocycles. The maximum absolute atomic E-state index is 14.7. The lowest BCUT2D eigenvalue weighted by Crippen LogP contribution is -2.61. The molecule has 77 heavy (non-hydrogen) atoms. The van der Waals surface area contributed by atoms with Crippen LogP contribution in [0.2, 0.25) is 0 Å². The minimum Gasteiger partial charge on any atom is -0.391 e. The number of ether oxygens (including phenoxy) is 4. The summed E-state index contributed by atoms with van der Waals surface area (Å²) < 4.78 is 71.6. The lowest BCUT2D eigenvalue weighted by Gasteiger charge is -2.43. The van der Waals surface area contributed by atoms with Crippen molar-refractivity contribution < 1.29 is 65.8 Å². The fourth-order valence-corrected chi connectivity index (χ4v) is 10.2. The molecule has 4 amide bonds. The minimum absolute atomic E-state index is 0.122. The number of hydrogen-bond donors (Lipinski definition) is 6. The average Bonchev–Trinajstić information content (AvgIpc) is 4.15. The lowest BCUT2D eigenvalue weighted by molar-refractivity contribution is -0.148. The third-order valence-electron chi connectivity index (χ3n) is 12.7. The van der Waals surface area contributed by atoms with Gasteiger partial charge >= 0.3 is 0 Å². The van der Waals surface area contributed by atoms with Crippen LogP contribution < -0.4 is 27.2 Å². The van der Waals surface area contributed by atoms with Gasteiger partial charge in [0.15, 0.2) is 11.6 Å². The largest absolute Gasteiger partial charge is 0.391 e. The molecular formula is C53H66F3IN8O11S. The molecule has 4 atom stereocenters. The second kappa shape index (κ2) is 30.0. The van der Waals surface area contributed by atoms with Gasteiger partial charge in [-0.05, 0) is 96.8 Å². The van der Waals surface area contributed by atoms with Crippen molar-refractivity contribution >= 4 is 68.9 Å². The molecule has 1 saturated heterocycles. The van der Waals surface area contributed by atoms with Gasteiger partial charge in [0, 0.05) is 48.0 Å². The summed E-state index contributed by atoms with van der Waals surface area (Å²) in [5.41, 5.74) is 10.5. The topological polar surface area (TPSA) is 251 Å². The van der Waals surface area contributed by atoms with Crippen LogP contribution in [0.3, 0.4) is 0 Å². The van der Waals surface area contributed by atoms with E-state index >= 15 is 0 Å². The highest BCUT2D eigenvalue weighted by Gasteiger charge is 2.58. The van der Waals surface area contributed by atoms with Gasteiger partial charge in [-0.1, -0.05) is 43.3 Å². The second-order valence-corrected chi connectivity index (χ2v) is 20.6. The number of benzene rings is 3. The Morgan fingerprint density at radius 2 is 1.56 bits per heavy atom. The standard InChI is InChI=1S/C53H66F3IN8O11S/c1-32(2)46(44-26-33(3)63-76-44)51(69)65-30-38(66)29-53(65,52(58)70)40(35-6-8-36(9-7-35)49-34(4)61-31-77-49)28-45(67)60-16-19-72-21-23-74-25-24-73-22-20-71-18-15-59-14-5-17-75-64-50(68)39-11-12-41(54)47(56)48(39)62-43-13-10-37(57)27-42(43)55/h6-13,26-27,31-32,38,40,46,59,62,66H,5,14-25,28-30H2,1-4H3,(H2,58,70)(H,60,67)(H,64,68)/t38?,40-,46+,53?/m0/s1. The van der Waals surface area contributed by atoms with Crippen molar-refractivity contribution in [2.75, 3.05) is 91.0 Å². The Morgan fingerprint density at radius 1 is 0.883 bits per heavy atom. The molecule has 5 aromatic rings. The Balaban J connectivity index is 0.842. The Hall–Kier alpha value is -5.58. The first-order valence-electron chi connectivity index (χ1n) is 25.1. The predicted molar refractivity (Wildman–Crippen MR) is 289 cm³/mol. The van der Waals surface area contributed by atoms with Gasteiger partial charge in [0.25, 0.3) is 5.91 Å². The van der Waals surface area contributed by atoms with Crippen LogP contribution in [0.4, 0.5) is 24.5 Å². The zero-order chi connectivity index (χ0) is 55.5. The molecule has 0 aliphatic carbocycles. The van der Waals surface area contributed by atoms with E-state index in [-0.39, 0.29) is 69.5 Å². The minimum atomic E-state index is -1.77. The Labute approximate surface area is 462 Å². The highest BCUT2D eigenvalue weighted by Crippen LogP contribution is 2.46. The number of primary amides is 1. The van der Waals surface area contributed by atoms with Crippen LogP contribution in [0.25, 0.3) is 10.4 Å². The van der Waals surface area contributed by atoms with Gasteiger partial charge < -0.3 is 55.2 Å². The molecule has 19 nitrogen and oxygen atoms in total. The molecule has 24 heteroatoms. The molecule has 0 spiro atoms. The lowest BCUT2D eigenvalue weighted by atomic mass is 9.73. The number of likely N-dealkylation sites (tertiary alicyclic amines) is 1. The number of hydroxylamine groups is 1. The molecule has 7 N–H and O–H groups in total. The summed E-state index contributed by atoms with van der Waals surface area (Å²) in [6.07, 6.45) is -0.984. The maximum atomic E-state index is 14.7. The number of nitrogens with one attached hydrogen (secondary N) is 4. The molecular weight excluding hydrogens is 1140 g/mol. The fourth-order valence-electron chi connectivity index (χ4n) is 8.95. The number of amides is 4. The van der Waals surface area contributed by atoms with Gasteiger partial charge in [0.2, 0.25) is 17.7 Å². The molecule has 0 radical (unpaired) electrons. The quantitative estimate of drug-likeness (QED) is 0.0154. The molecule has 418 valence electrons. The summed E-state index contributed by atoms with van der Waals surface area (Å²) in [5.74, 6) is -7.52. The van der Waals surface area contributed by atoms with E-state index in [4.69, 9.17) is 34.0 Å². The van der Waals surface area contributed by atoms with Crippen LogP contribution in [0.5, 0.6) is 0 Å². The van der Waals surface area contributed by atoms with Crippen molar-refractivity contribution in [2.45, 2.75) is 70.4 Å². The number of aryl methyl sites for hydroxylation is 2. The van der Waals surface area contributed by atoms with E-state index in [1.165, 1.54) is 28.4 Å². The first kappa shape index (κ1) is 60.6. The van der Waals surface area contributed by atoms with Crippen LogP contribution >= 0.6 is 33.9 Å². The van der Waals surface area contributed by atoms with E-state index in [1.54, 1.807) is 24.6 Å². The monoisotopic (exact) mass is 1210 g/mol. The molecule has 1 aliphatic heterocycles. The second-order valence-electron chi connectivity index (χ2n) is 18.5. The number of aliphatic hydroxyl groups excluding tert-OH is 1. The smallest absolute Gasteiger partial charge is 0.277 e. The van der Waals surface area contributed by atoms with Crippen molar-refractivity contribution in [2.24, 2.45) is 11.7 Å². The van der Waals surface area contributed by atoms with Crippen molar-refractivity contribution in [3.05, 3.63) is 115 Å². The Kier molecular flexibility index (Phi) is 23.6. The van der Waals surface area contributed by atoms with Gasteiger partial charge in [-0.3, -0.25) is 24.0 Å². The number of thiazole rings is 1. The Morgan fingerprint density at radius 3 is 2.17 bits per heavy atom. The van der Waals surface area contributed by atoms with Crippen molar-refractivity contribution in [3.63, 3.8) is 0 Å². The van der Waals surface area contributed by atoms with Crippen LogP contribution in [0, 0.1) is 40.8 Å². The van der Waals surface area contributed by atoms with E-state index < -0.39 is 70.2 Å². The molecule has 6 rings (SSSR count). The molecule has 0 saturated carbocycles. The summed E-state index contributed by atoms with van der Waals surface area (Å²) in [7, 11) is 0. The highest BCUT2D eigenvalue weighted by atomic mass is 127. The number of aliphatic hydroxyl groups is 1. The van der Waals surface area contributed by atoms with Gasteiger partial charge in [0.1, 0.15) is 23.0 Å².